The molecule has 2 aromatic carbocycles. The maximum absolute atomic E-state index is 13.3. The number of amides is 1. The topological polar surface area (TPSA) is 102 Å². The zero-order valence-corrected chi connectivity index (χ0v) is 17.1. The highest BCUT2D eigenvalue weighted by molar-refractivity contribution is 6.31. The predicted octanol–water partition coefficient (Wildman–Crippen LogP) is 4.37. The van der Waals surface area contributed by atoms with E-state index in [4.69, 9.17) is 25.9 Å². The van der Waals surface area contributed by atoms with Gasteiger partial charge in [0.2, 0.25) is 5.89 Å². The Bertz CT molecular complexity index is 1090. The van der Waals surface area contributed by atoms with Gasteiger partial charge in [-0.1, -0.05) is 23.7 Å². The number of rotatable bonds is 8. The number of oxazole rings is 1. The monoisotopic (exact) mass is 448 g/mol. The van der Waals surface area contributed by atoms with Crippen LogP contribution in [0, 0.1) is 5.82 Å². The first kappa shape index (κ1) is 22.1. The second-order valence-corrected chi connectivity index (χ2v) is 6.84. The van der Waals surface area contributed by atoms with E-state index in [2.05, 4.69) is 9.72 Å². The van der Waals surface area contributed by atoms with E-state index in [0.29, 0.717) is 22.6 Å². The number of halogens is 2. The lowest BCUT2D eigenvalue weighted by Gasteiger charge is -2.19. The molecular formula is C21H18ClFN2O6. The number of carboxylic acid groups (broad SMARTS) is 1. The lowest BCUT2D eigenvalue weighted by atomic mass is 10.2. The van der Waals surface area contributed by atoms with Crippen LogP contribution in [0.5, 0.6) is 5.75 Å². The van der Waals surface area contributed by atoms with Crippen molar-refractivity contribution in [3.8, 4) is 17.2 Å². The molecule has 0 radical (unpaired) electrons. The van der Waals surface area contributed by atoms with Gasteiger partial charge in [-0.3, -0.25) is 9.69 Å². The van der Waals surface area contributed by atoms with E-state index >= 15 is 0 Å². The fourth-order valence-electron chi connectivity index (χ4n) is 2.72. The van der Waals surface area contributed by atoms with Crippen LogP contribution in [0.15, 0.2) is 53.1 Å². The molecule has 1 amide bonds. The minimum absolute atomic E-state index is 0.0331. The second-order valence-electron chi connectivity index (χ2n) is 6.43. The first-order valence-corrected chi connectivity index (χ1v) is 9.39. The highest BCUT2D eigenvalue weighted by Gasteiger charge is 2.18. The number of aromatic nitrogens is 1. The summed E-state index contributed by atoms with van der Waals surface area (Å²) in [6.45, 7) is -0.361. The van der Waals surface area contributed by atoms with Gasteiger partial charge in [0.05, 0.1) is 12.1 Å². The molecule has 0 saturated carbocycles. The van der Waals surface area contributed by atoms with Gasteiger partial charge in [-0.25, -0.2) is 14.2 Å². The summed E-state index contributed by atoms with van der Waals surface area (Å²) in [4.78, 5) is 28.1. The number of carbonyl (C=O) groups is 2. The Morgan fingerprint density at radius 2 is 2.06 bits per heavy atom. The summed E-state index contributed by atoms with van der Waals surface area (Å²) in [6.07, 6.45) is 0.673. The average Bonchev–Trinajstić information content (AvgIpc) is 3.22. The van der Waals surface area contributed by atoms with Crippen LogP contribution in [0.4, 0.5) is 9.18 Å². The van der Waals surface area contributed by atoms with Crippen molar-refractivity contribution in [2.45, 2.75) is 13.2 Å². The third-order valence-corrected chi connectivity index (χ3v) is 4.43. The van der Waals surface area contributed by atoms with Gasteiger partial charge >= 0.3 is 12.1 Å². The molecular weight excluding hydrogens is 431 g/mol. The first-order valence-electron chi connectivity index (χ1n) is 9.02. The van der Waals surface area contributed by atoms with Crippen LogP contribution in [0.1, 0.15) is 11.3 Å². The fraction of sp³-hybridized carbons (Fsp3) is 0.190. The first-order chi connectivity index (χ1) is 14.9. The quantitative estimate of drug-likeness (QED) is 0.546. The lowest BCUT2D eigenvalue weighted by Crippen LogP contribution is -2.35. The van der Waals surface area contributed by atoms with Gasteiger partial charge in [-0.05, 0) is 35.9 Å². The number of benzene rings is 2. The summed E-state index contributed by atoms with van der Waals surface area (Å²) in [5.41, 5.74) is 1.69. The number of carboxylic acids is 1. The summed E-state index contributed by atoms with van der Waals surface area (Å²) >= 11 is 5.79. The van der Waals surface area contributed by atoms with Gasteiger partial charge in [0.15, 0.2) is 0 Å². The molecule has 0 unspecified atom stereocenters. The minimum Gasteiger partial charge on any atom is -0.487 e. The molecule has 3 rings (SSSR count). The number of ether oxygens (including phenoxy) is 2. The molecule has 10 heteroatoms. The molecule has 0 spiro atoms. The summed E-state index contributed by atoms with van der Waals surface area (Å²) < 4.78 is 29.0. The van der Waals surface area contributed by atoms with Gasteiger partial charge in [0, 0.05) is 12.1 Å². The zero-order chi connectivity index (χ0) is 22.4. The Morgan fingerprint density at radius 1 is 1.26 bits per heavy atom. The van der Waals surface area contributed by atoms with Crippen molar-refractivity contribution >= 4 is 23.7 Å². The van der Waals surface area contributed by atoms with Crippen molar-refractivity contribution < 1.29 is 33.0 Å². The smallest absolute Gasteiger partial charge is 0.410 e. The number of nitrogens with zero attached hydrogens (tertiary/aromatic N) is 2. The van der Waals surface area contributed by atoms with E-state index < -0.39 is 24.4 Å². The molecule has 0 aliphatic carbocycles. The van der Waals surface area contributed by atoms with Gasteiger partial charge < -0.3 is 19.0 Å². The normalized spacial score (nSPS) is 10.5. The number of aliphatic carboxylic acids is 1. The Morgan fingerprint density at radius 3 is 2.77 bits per heavy atom. The van der Waals surface area contributed by atoms with Crippen LogP contribution in [0.3, 0.4) is 0 Å². The Hall–Kier alpha value is -3.59. The second kappa shape index (κ2) is 9.94. The van der Waals surface area contributed by atoms with E-state index in [0.717, 1.165) is 4.90 Å². The standard InChI is InChI=1S/C21H18ClFN2O6/c1-29-21(28)25(10-19(26)27)9-13-3-2-4-16(7-13)30-11-15-12-31-20(24-15)14-5-6-18(23)17(22)8-14/h2-8,12H,9-11H2,1H3,(H,26,27). The fourth-order valence-corrected chi connectivity index (χ4v) is 2.90. The van der Waals surface area contributed by atoms with E-state index in [9.17, 15) is 14.0 Å². The van der Waals surface area contributed by atoms with E-state index in [1.807, 2.05) is 0 Å². The highest BCUT2D eigenvalue weighted by Crippen LogP contribution is 2.25. The van der Waals surface area contributed by atoms with E-state index in [1.54, 1.807) is 24.3 Å². The predicted molar refractivity (Wildman–Crippen MR) is 108 cm³/mol. The summed E-state index contributed by atoms with van der Waals surface area (Å²) in [5, 5.41) is 8.94. The van der Waals surface area contributed by atoms with Crippen molar-refractivity contribution in [3.63, 3.8) is 0 Å². The number of hydrogen-bond acceptors (Lipinski definition) is 6. The van der Waals surface area contributed by atoms with Gasteiger partial charge in [-0.2, -0.15) is 0 Å². The van der Waals surface area contributed by atoms with Crippen molar-refractivity contribution in [3.05, 3.63) is 70.8 Å². The lowest BCUT2D eigenvalue weighted by molar-refractivity contribution is -0.138. The van der Waals surface area contributed by atoms with Crippen molar-refractivity contribution in [2.24, 2.45) is 0 Å². The summed E-state index contributed by atoms with van der Waals surface area (Å²) in [7, 11) is 1.18. The SMILES string of the molecule is COC(=O)N(CC(=O)O)Cc1cccc(OCc2coc(-c3ccc(F)c(Cl)c3)n2)c1. The molecule has 1 heterocycles. The third-order valence-electron chi connectivity index (χ3n) is 4.14. The van der Waals surface area contributed by atoms with Crippen LogP contribution in [0.25, 0.3) is 11.5 Å². The summed E-state index contributed by atoms with van der Waals surface area (Å²) in [6, 6.07) is 11.0. The third kappa shape index (κ3) is 5.95. The molecule has 1 aromatic heterocycles. The Balaban J connectivity index is 1.65. The number of methoxy groups -OCH3 is 1. The largest absolute Gasteiger partial charge is 0.487 e. The maximum atomic E-state index is 13.3. The van der Waals surface area contributed by atoms with Crippen molar-refractivity contribution in [2.75, 3.05) is 13.7 Å². The maximum Gasteiger partial charge on any atom is 0.410 e. The summed E-state index contributed by atoms with van der Waals surface area (Å²) in [5.74, 6) is -0.916. The van der Waals surface area contributed by atoms with Gasteiger partial charge in [-0.15, -0.1) is 0 Å². The van der Waals surface area contributed by atoms with E-state index in [1.165, 1.54) is 31.6 Å². The van der Waals surface area contributed by atoms with Gasteiger partial charge in [0.1, 0.15) is 36.7 Å². The van der Waals surface area contributed by atoms with Crippen LogP contribution in [0.2, 0.25) is 5.02 Å². The minimum atomic E-state index is -1.15. The molecule has 162 valence electrons. The van der Waals surface area contributed by atoms with E-state index in [-0.39, 0.29) is 24.1 Å². The average molecular weight is 449 g/mol. The van der Waals surface area contributed by atoms with Crippen LogP contribution >= 0.6 is 11.6 Å². The van der Waals surface area contributed by atoms with Crippen LogP contribution in [-0.2, 0) is 22.7 Å². The zero-order valence-electron chi connectivity index (χ0n) is 16.4. The molecule has 1 N–H and O–H groups in total. The Labute approximate surface area is 181 Å². The van der Waals surface area contributed by atoms with Crippen molar-refractivity contribution in [1.29, 1.82) is 0 Å². The molecule has 0 saturated heterocycles. The molecule has 3 aromatic rings. The molecule has 8 nitrogen and oxygen atoms in total. The molecule has 31 heavy (non-hydrogen) atoms. The molecule has 0 atom stereocenters. The van der Waals surface area contributed by atoms with Gasteiger partial charge in [0.25, 0.3) is 0 Å². The molecule has 0 bridgehead atoms. The molecule has 0 aliphatic heterocycles. The Kier molecular flexibility index (Phi) is 7.09. The number of carbonyl (C=O) groups excluding carboxylic acids is 1. The van der Waals surface area contributed by atoms with Crippen molar-refractivity contribution in [1.82, 2.24) is 9.88 Å². The van der Waals surface area contributed by atoms with Crippen LogP contribution < -0.4 is 4.74 Å². The highest BCUT2D eigenvalue weighted by atomic mass is 35.5. The molecule has 0 aliphatic rings. The molecule has 0 fully saturated rings. The van der Waals surface area contributed by atoms with Crippen LogP contribution in [-0.4, -0.2) is 40.7 Å². The number of hydrogen-bond donors (Lipinski definition) is 1.